The largest absolute Gasteiger partial charge is 0.496 e. The van der Waals surface area contributed by atoms with Crippen molar-refractivity contribution in [1.29, 1.82) is 0 Å². The summed E-state index contributed by atoms with van der Waals surface area (Å²) in [5.41, 5.74) is 7.86. The van der Waals surface area contributed by atoms with Crippen LogP contribution >= 0.6 is 11.6 Å². The van der Waals surface area contributed by atoms with Crippen molar-refractivity contribution in [3.63, 3.8) is 0 Å². The number of aldehydes is 1. The lowest BCUT2D eigenvalue weighted by Gasteiger charge is -2.09. The van der Waals surface area contributed by atoms with E-state index in [1.54, 1.807) is 31.3 Å². The minimum atomic E-state index is -4.26. The molecule has 204 valence electrons. The second-order valence-electron chi connectivity index (χ2n) is 7.26. The Bertz CT molecular complexity index is 1240. The smallest absolute Gasteiger partial charge is 0.416 e. The fourth-order valence-corrected chi connectivity index (χ4v) is 3.33. The molecule has 4 N–H and O–H groups in total. The van der Waals surface area contributed by atoms with Gasteiger partial charge in [-0.05, 0) is 48.9 Å². The van der Waals surface area contributed by atoms with Crippen LogP contribution in [0.2, 0.25) is 5.02 Å². The summed E-state index contributed by atoms with van der Waals surface area (Å²) in [7, 11) is 3.01. The zero-order valence-corrected chi connectivity index (χ0v) is 22.4. The van der Waals surface area contributed by atoms with Gasteiger partial charge in [0.25, 0.3) is 0 Å². The van der Waals surface area contributed by atoms with Crippen molar-refractivity contribution < 1.29 is 27.5 Å². The highest BCUT2D eigenvalue weighted by atomic mass is 35.5. The molecule has 3 aromatic rings. The molecule has 2 amide bonds. The normalized spacial score (nSPS) is 10.7. The summed E-state index contributed by atoms with van der Waals surface area (Å²) in [5, 5.41) is 5.62. The number of methoxy groups -OCH3 is 1. The number of hydrogen-bond acceptors (Lipinski definition) is 4. The van der Waals surface area contributed by atoms with Gasteiger partial charge in [-0.2, -0.15) is 18.2 Å². The Balaban J connectivity index is 0.000000432. The maximum absolute atomic E-state index is 12.1. The number of urea groups is 1. The number of amides is 2. The number of hydrogen-bond donors (Lipinski definition) is 3. The number of alkyl halides is 3. The molecule has 0 heterocycles. The van der Waals surface area contributed by atoms with Gasteiger partial charge >= 0.3 is 12.2 Å². The fraction of sp³-hybridized carbons (Fsp3) is 0.222. The van der Waals surface area contributed by atoms with E-state index in [4.69, 9.17) is 22.1 Å². The highest BCUT2D eigenvalue weighted by Gasteiger charge is 2.30. The van der Waals surface area contributed by atoms with Gasteiger partial charge < -0.3 is 21.1 Å². The third-order valence-electron chi connectivity index (χ3n) is 4.79. The SMILES string of the molecule is CC.CNc1cccc(C(F)(F)F)c1.COc1cc(NC(=O)/N=C(\N)c2c(C)cccc2Cl)ccc1C=O. The molecule has 0 fully saturated rings. The van der Waals surface area contributed by atoms with Gasteiger partial charge in [0.1, 0.15) is 11.6 Å². The van der Waals surface area contributed by atoms with Gasteiger partial charge in [-0.1, -0.05) is 43.6 Å². The Hall–Kier alpha value is -4.05. The molecule has 0 aliphatic heterocycles. The van der Waals surface area contributed by atoms with Crippen molar-refractivity contribution in [1.82, 2.24) is 0 Å². The molecule has 0 unspecified atom stereocenters. The van der Waals surface area contributed by atoms with Crippen LogP contribution in [-0.2, 0) is 6.18 Å². The lowest BCUT2D eigenvalue weighted by molar-refractivity contribution is -0.137. The van der Waals surface area contributed by atoms with E-state index in [0.717, 1.165) is 17.7 Å². The molecule has 0 atom stereocenters. The van der Waals surface area contributed by atoms with Crippen molar-refractivity contribution in [3.05, 3.63) is 87.9 Å². The molecule has 3 aromatic carbocycles. The maximum Gasteiger partial charge on any atom is 0.416 e. The van der Waals surface area contributed by atoms with Crippen LogP contribution in [0.1, 0.15) is 40.9 Å². The molecule has 11 heteroatoms. The van der Waals surface area contributed by atoms with Crippen LogP contribution in [0.25, 0.3) is 0 Å². The monoisotopic (exact) mass is 550 g/mol. The molecule has 0 saturated heterocycles. The number of rotatable bonds is 5. The molecule has 38 heavy (non-hydrogen) atoms. The number of nitrogens with zero attached hydrogens (tertiary/aromatic N) is 1. The molecular formula is C27H30ClF3N4O3. The Morgan fingerprint density at radius 3 is 2.26 bits per heavy atom. The number of benzene rings is 3. The Labute approximate surface area is 224 Å². The van der Waals surface area contributed by atoms with Crippen molar-refractivity contribution in [2.45, 2.75) is 26.9 Å². The van der Waals surface area contributed by atoms with E-state index in [2.05, 4.69) is 15.6 Å². The van der Waals surface area contributed by atoms with Crippen LogP contribution < -0.4 is 21.1 Å². The molecular weight excluding hydrogens is 521 g/mol. The van der Waals surface area contributed by atoms with E-state index in [1.807, 2.05) is 26.8 Å². The predicted molar refractivity (Wildman–Crippen MR) is 147 cm³/mol. The summed E-state index contributed by atoms with van der Waals surface area (Å²) >= 11 is 6.10. The number of carbonyl (C=O) groups excluding carboxylic acids is 2. The molecule has 0 aliphatic rings. The molecule has 3 rings (SSSR count). The van der Waals surface area contributed by atoms with Gasteiger partial charge in [0.15, 0.2) is 6.29 Å². The number of nitrogens with one attached hydrogen (secondary N) is 2. The van der Waals surface area contributed by atoms with Crippen LogP contribution in [0.3, 0.4) is 0 Å². The second-order valence-corrected chi connectivity index (χ2v) is 7.67. The number of nitrogens with two attached hydrogens (primary N) is 1. The average Bonchev–Trinajstić information content (AvgIpc) is 2.89. The minimum Gasteiger partial charge on any atom is -0.496 e. The topological polar surface area (TPSA) is 106 Å². The molecule has 7 nitrogen and oxygen atoms in total. The molecule has 0 saturated carbocycles. The van der Waals surface area contributed by atoms with Crippen molar-refractivity contribution in [2.75, 3.05) is 24.8 Å². The quantitative estimate of drug-likeness (QED) is 0.177. The average molecular weight is 551 g/mol. The standard InChI is InChI=1S/C17H16ClN3O3.C8H8F3N.C2H6/c1-10-4-3-5-13(18)15(10)16(19)21-17(23)20-12-7-6-11(9-22)14(8-12)24-2;1-12-7-4-2-3-6(5-7)8(9,10)11;1-2/h3-9H,1-2H3,(H3,19,20,21,23);2-5,12H,1H3;1-2H3. The maximum atomic E-state index is 12.1. The first-order chi connectivity index (χ1) is 18.0. The van der Waals surface area contributed by atoms with Crippen LogP contribution in [-0.4, -0.2) is 32.3 Å². The number of ether oxygens (including phenoxy) is 1. The summed E-state index contributed by atoms with van der Waals surface area (Å²) in [4.78, 5) is 26.7. The summed E-state index contributed by atoms with van der Waals surface area (Å²) < 4.78 is 41.3. The number of amidine groups is 1. The zero-order chi connectivity index (χ0) is 28.9. The van der Waals surface area contributed by atoms with Gasteiger partial charge in [-0.15, -0.1) is 0 Å². The van der Waals surface area contributed by atoms with Crippen molar-refractivity contribution in [2.24, 2.45) is 10.7 Å². The van der Waals surface area contributed by atoms with Crippen LogP contribution in [0.15, 0.2) is 65.7 Å². The van der Waals surface area contributed by atoms with Gasteiger partial charge in [0, 0.05) is 30.1 Å². The first-order valence-corrected chi connectivity index (χ1v) is 11.8. The van der Waals surface area contributed by atoms with E-state index < -0.39 is 17.8 Å². The third-order valence-corrected chi connectivity index (χ3v) is 5.11. The summed E-state index contributed by atoms with van der Waals surface area (Å²) in [5.74, 6) is 0.369. The van der Waals surface area contributed by atoms with Crippen LogP contribution in [0.4, 0.5) is 29.3 Å². The number of carbonyl (C=O) groups is 2. The van der Waals surface area contributed by atoms with E-state index in [9.17, 15) is 22.8 Å². The van der Waals surface area contributed by atoms with Crippen LogP contribution in [0, 0.1) is 6.92 Å². The third kappa shape index (κ3) is 9.44. The highest BCUT2D eigenvalue weighted by Crippen LogP contribution is 2.30. The molecule has 0 aromatic heterocycles. The fourth-order valence-electron chi connectivity index (χ4n) is 3.01. The Morgan fingerprint density at radius 2 is 1.71 bits per heavy atom. The van der Waals surface area contributed by atoms with Gasteiger partial charge in [0.05, 0.1) is 23.3 Å². The number of aryl methyl sites for hydroxylation is 1. The summed E-state index contributed by atoms with van der Waals surface area (Å²) in [6.07, 6.45) is -3.59. The van der Waals surface area contributed by atoms with Crippen LogP contribution in [0.5, 0.6) is 5.75 Å². The minimum absolute atomic E-state index is 0.0204. The molecule has 0 radical (unpaired) electrons. The van der Waals surface area contributed by atoms with Gasteiger partial charge in [-0.25, -0.2) is 4.79 Å². The second kappa shape index (κ2) is 15.3. The molecule has 0 aliphatic carbocycles. The first kappa shape index (κ1) is 32.0. The Morgan fingerprint density at radius 1 is 1.05 bits per heavy atom. The Kier molecular flexibility index (Phi) is 12.8. The van der Waals surface area contributed by atoms with Gasteiger partial charge in [0.2, 0.25) is 0 Å². The number of anilines is 2. The van der Waals surface area contributed by atoms with Crippen molar-refractivity contribution >= 4 is 41.1 Å². The van der Waals surface area contributed by atoms with E-state index >= 15 is 0 Å². The highest BCUT2D eigenvalue weighted by molar-refractivity contribution is 6.34. The predicted octanol–water partition coefficient (Wildman–Crippen LogP) is 7.18. The number of halogens is 4. The molecule has 0 spiro atoms. The van der Waals surface area contributed by atoms with E-state index in [0.29, 0.717) is 39.6 Å². The van der Waals surface area contributed by atoms with Crippen molar-refractivity contribution in [3.8, 4) is 5.75 Å². The summed E-state index contributed by atoms with van der Waals surface area (Å²) in [6, 6.07) is 14.3. The lowest BCUT2D eigenvalue weighted by Crippen LogP contribution is -2.20. The summed E-state index contributed by atoms with van der Waals surface area (Å²) in [6.45, 7) is 5.82. The van der Waals surface area contributed by atoms with E-state index in [-0.39, 0.29) is 5.84 Å². The molecule has 0 bridgehead atoms. The number of aliphatic imine (C=N–C) groups is 1. The lowest BCUT2D eigenvalue weighted by atomic mass is 10.1. The first-order valence-electron chi connectivity index (χ1n) is 11.4. The van der Waals surface area contributed by atoms with E-state index in [1.165, 1.54) is 25.3 Å². The zero-order valence-electron chi connectivity index (χ0n) is 21.6. The van der Waals surface area contributed by atoms with Gasteiger partial charge in [-0.3, -0.25) is 4.79 Å².